The second-order valence-electron chi connectivity index (χ2n) is 7.41. The van der Waals surface area contributed by atoms with Crippen LogP contribution in [0.25, 0.3) is 10.9 Å². The highest BCUT2D eigenvalue weighted by atomic mass is 16.5. The highest BCUT2D eigenvalue weighted by molar-refractivity contribution is 5.86. The fourth-order valence-electron chi connectivity index (χ4n) is 4.09. The Morgan fingerprint density at radius 3 is 2.62 bits per heavy atom. The van der Waals surface area contributed by atoms with E-state index in [0.29, 0.717) is 12.8 Å². The van der Waals surface area contributed by atoms with Gasteiger partial charge >= 0.3 is 0 Å². The summed E-state index contributed by atoms with van der Waals surface area (Å²) < 4.78 is 6.45. The van der Waals surface area contributed by atoms with Crippen LogP contribution in [0.4, 0.5) is 0 Å². The van der Waals surface area contributed by atoms with E-state index in [-0.39, 0.29) is 5.91 Å². The maximum absolute atomic E-state index is 13.5. The second-order valence-corrected chi connectivity index (χ2v) is 7.41. The Bertz CT molecular complexity index is 763. The molecule has 0 spiro atoms. The summed E-state index contributed by atoms with van der Waals surface area (Å²) in [6.45, 7) is 3.35. The highest BCUT2D eigenvalue weighted by Crippen LogP contribution is 2.31. The van der Waals surface area contributed by atoms with Crippen molar-refractivity contribution in [1.29, 1.82) is 0 Å². The van der Waals surface area contributed by atoms with Crippen molar-refractivity contribution in [2.24, 2.45) is 0 Å². The zero-order chi connectivity index (χ0) is 17.8. The first kappa shape index (κ1) is 17.3. The lowest BCUT2D eigenvalue weighted by Crippen LogP contribution is -2.57. The fraction of sp³-hybridized carbons (Fsp3) is 0.524. The molecule has 0 atom stereocenters. The maximum atomic E-state index is 13.5. The van der Waals surface area contributed by atoms with Crippen molar-refractivity contribution >= 4 is 16.8 Å². The molecule has 1 aromatic heterocycles. The number of rotatable bonds is 3. The van der Waals surface area contributed by atoms with Crippen LogP contribution >= 0.6 is 0 Å². The van der Waals surface area contributed by atoms with Crippen LogP contribution in [0.3, 0.4) is 0 Å². The number of ether oxygens (including phenoxy) is 1. The molecule has 0 aliphatic carbocycles. The van der Waals surface area contributed by atoms with Gasteiger partial charge in [0.25, 0.3) is 5.91 Å². The molecule has 2 aromatic rings. The van der Waals surface area contributed by atoms with Gasteiger partial charge in [-0.05, 0) is 50.2 Å². The third-order valence-electron chi connectivity index (χ3n) is 5.58. The van der Waals surface area contributed by atoms with Crippen molar-refractivity contribution in [2.75, 3.05) is 26.2 Å². The van der Waals surface area contributed by atoms with Gasteiger partial charge in [-0.25, -0.2) is 0 Å². The van der Waals surface area contributed by atoms with Crippen molar-refractivity contribution in [1.82, 2.24) is 15.2 Å². The maximum Gasteiger partial charge on any atom is 0.266 e. The molecule has 0 bridgehead atoms. The minimum absolute atomic E-state index is 0.173. The molecule has 0 saturated carbocycles. The summed E-state index contributed by atoms with van der Waals surface area (Å²) in [5.74, 6) is 0.933. The van der Waals surface area contributed by atoms with Gasteiger partial charge in [-0.15, -0.1) is 0 Å². The molecule has 5 nitrogen and oxygen atoms in total. The lowest BCUT2D eigenvalue weighted by molar-refractivity contribution is -0.150. The van der Waals surface area contributed by atoms with Crippen LogP contribution in [-0.2, 0) is 4.79 Å². The zero-order valence-corrected chi connectivity index (χ0v) is 15.2. The van der Waals surface area contributed by atoms with Gasteiger partial charge in [0.15, 0.2) is 5.60 Å². The normalized spacial score (nSPS) is 20.5. The summed E-state index contributed by atoms with van der Waals surface area (Å²) in [5, 5.41) is 4.40. The number of likely N-dealkylation sites (tertiary alicyclic amines) is 1. The number of hydrogen-bond donors (Lipinski definition) is 1. The minimum atomic E-state index is -0.745. The summed E-state index contributed by atoms with van der Waals surface area (Å²) in [5.41, 5.74) is 0.198. The first-order chi connectivity index (χ1) is 12.8. The van der Waals surface area contributed by atoms with Crippen LogP contribution in [0.5, 0.6) is 5.75 Å². The molecule has 1 N–H and O–H groups in total. The third kappa shape index (κ3) is 3.54. The molecule has 2 aliphatic heterocycles. The zero-order valence-electron chi connectivity index (χ0n) is 15.2. The molecular formula is C21H27N3O2. The van der Waals surface area contributed by atoms with E-state index in [0.717, 1.165) is 55.7 Å². The topological polar surface area (TPSA) is 54.5 Å². The van der Waals surface area contributed by atoms with Gasteiger partial charge in [0, 0.05) is 37.5 Å². The van der Waals surface area contributed by atoms with Crippen LogP contribution in [-0.4, -0.2) is 47.6 Å². The van der Waals surface area contributed by atoms with Crippen molar-refractivity contribution in [3.63, 3.8) is 0 Å². The van der Waals surface area contributed by atoms with Gasteiger partial charge in [0.2, 0.25) is 0 Å². The first-order valence-corrected chi connectivity index (χ1v) is 9.81. The summed E-state index contributed by atoms with van der Waals surface area (Å²) in [4.78, 5) is 19.9. The molecule has 2 fully saturated rings. The predicted octanol–water partition coefficient (Wildman–Crippen LogP) is 3.14. The van der Waals surface area contributed by atoms with Crippen molar-refractivity contribution in [3.8, 4) is 5.75 Å². The Morgan fingerprint density at radius 2 is 1.85 bits per heavy atom. The minimum Gasteiger partial charge on any atom is -0.477 e. The number of nitrogens with zero attached hydrogens (tertiary/aromatic N) is 2. The first-order valence-electron chi connectivity index (χ1n) is 9.81. The molecule has 138 valence electrons. The molecule has 26 heavy (non-hydrogen) atoms. The number of nitrogens with one attached hydrogen (secondary N) is 1. The van der Waals surface area contributed by atoms with Gasteiger partial charge < -0.3 is 15.0 Å². The summed E-state index contributed by atoms with van der Waals surface area (Å²) in [6, 6.07) is 9.86. The largest absolute Gasteiger partial charge is 0.477 e. The van der Waals surface area contributed by atoms with Gasteiger partial charge in [-0.2, -0.15) is 0 Å². The molecule has 5 heteroatoms. The van der Waals surface area contributed by atoms with E-state index in [1.165, 1.54) is 12.8 Å². The summed E-state index contributed by atoms with van der Waals surface area (Å²) >= 11 is 0. The Hall–Kier alpha value is -2.14. The smallest absolute Gasteiger partial charge is 0.266 e. The van der Waals surface area contributed by atoms with Gasteiger partial charge in [0.05, 0.1) is 5.52 Å². The highest BCUT2D eigenvalue weighted by Gasteiger charge is 2.44. The van der Waals surface area contributed by atoms with E-state index >= 15 is 0 Å². The Kier molecular flexibility index (Phi) is 5.07. The van der Waals surface area contributed by atoms with Crippen LogP contribution < -0.4 is 10.1 Å². The van der Waals surface area contributed by atoms with Gasteiger partial charge in [-0.3, -0.25) is 9.78 Å². The third-order valence-corrected chi connectivity index (χ3v) is 5.58. The number of fused-ring (bicyclic) bond motifs is 1. The van der Waals surface area contributed by atoms with Gasteiger partial charge in [0.1, 0.15) is 5.75 Å². The van der Waals surface area contributed by atoms with Crippen molar-refractivity contribution in [2.45, 2.75) is 44.1 Å². The fourth-order valence-corrected chi connectivity index (χ4v) is 4.09. The number of amides is 1. The predicted molar refractivity (Wildman–Crippen MR) is 102 cm³/mol. The Labute approximate surface area is 154 Å². The molecule has 1 aromatic carbocycles. The molecule has 2 aliphatic rings. The summed E-state index contributed by atoms with van der Waals surface area (Å²) in [7, 11) is 0. The molecule has 0 radical (unpaired) electrons. The average Bonchev–Trinajstić information content (AvgIpc) is 2.97. The monoisotopic (exact) mass is 353 g/mol. The van der Waals surface area contributed by atoms with Gasteiger partial charge in [-0.1, -0.05) is 18.9 Å². The standard InChI is InChI=1S/C21H27N3O2/c25-20(24-14-3-1-2-4-15-24)21(9-12-22-13-10-21)26-18-7-8-19-17(16-18)6-5-11-23-19/h5-8,11,16,22H,1-4,9-10,12-15H2. The van der Waals surface area contributed by atoms with Crippen LogP contribution in [0.15, 0.2) is 36.5 Å². The molecule has 3 heterocycles. The Morgan fingerprint density at radius 1 is 1.08 bits per heavy atom. The van der Waals surface area contributed by atoms with E-state index in [1.54, 1.807) is 6.20 Å². The van der Waals surface area contributed by atoms with E-state index < -0.39 is 5.60 Å². The molecule has 1 amide bonds. The van der Waals surface area contributed by atoms with Crippen molar-refractivity contribution < 1.29 is 9.53 Å². The second kappa shape index (κ2) is 7.62. The molecular weight excluding hydrogens is 326 g/mol. The van der Waals surface area contributed by atoms with Crippen LogP contribution in [0.2, 0.25) is 0 Å². The lowest BCUT2D eigenvalue weighted by atomic mass is 9.90. The van der Waals surface area contributed by atoms with E-state index in [9.17, 15) is 4.79 Å². The number of piperidine rings is 1. The average molecular weight is 353 g/mol. The quantitative estimate of drug-likeness (QED) is 0.921. The number of benzene rings is 1. The van der Waals surface area contributed by atoms with E-state index in [4.69, 9.17) is 4.74 Å². The molecule has 0 unspecified atom stereocenters. The Balaban J connectivity index is 1.61. The number of carbonyl (C=O) groups is 1. The number of aromatic nitrogens is 1. The molecule has 4 rings (SSSR count). The van der Waals surface area contributed by atoms with E-state index in [1.807, 2.05) is 35.2 Å². The number of pyridine rings is 1. The van der Waals surface area contributed by atoms with Crippen LogP contribution in [0, 0.1) is 0 Å². The number of hydrogen-bond acceptors (Lipinski definition) is 4. The molecule has 2 saturated heterocycles. The lowest BCUT2D eigenvalue weighted by Gasteiger charge is -2.40. The van der Waals surface area contributed by atoms with Crippen LogP contribution in [0.1, 0.15) is 38.5 Å². The summed E-state index contributed by atoms with van der Waals surface area (Å²) in [6.07, 6.45) is 7.86. The number of carbonyl (C=O) groups excluding carboxylic acids is 1. The van der Waals surface area contributed by atoms with E-state index in [2.05, 4.69) is 10.3 Å². The van der Waals surface area contributed by atoms with Crippen molar-refractivity contribution in [3.05, 3.63) is 36.5 Å². The SMILES string of the molecule is O=C(N1CCCCCC1)C1(Oc2ccc3ncccc3c2)CCNCC1.